The number of benzene rings is 1. The monoisotopic (exact) mass is 298 g/mol. The number of nitro benzene ring substituents is 2. The van der Waals surface area contributed by atoms with Gasteiger partial charge in [0.05, 0.1) is 9.85 Å². The first-order chi connectivity index (χ1) is 9.66. The Morgan fingerprint density at radius 2 is 1.71 bits per heavy atom. The lowest BCUT2D eigenvalue weighted by Gasteiger charge is -2.09. The van der Waals surface area contributed by atoms with E-state index < -0.39 is 50.4 Å². The number of nitro groups is 2. The largest absolute Gasteiger partial charge is 0.296 e. The van der Waals surface area contributed by atoms with Gasteiger partial charge in [-0.25, -0.2) is 4.39 Å². The lowest BCUT2D eigenvalue weighted by molar-refractivity contribution is -0.389. The first-order valence-electron chi connectivity index (χ1n) is 5.81. The summed E-state index contributed by atoms with van der Waals surface area (Å²) in [6.45, 7) is 2.73. The predicted molar refractivity (Wildman–Crippen MR) is 68.8 cm³/mol. The summed E-state index contributed by atoms with van der Waals surface area (Å²) in [7, 11) is 0. The second-order valence-corrected chi connectivity index (χ2v) is 4.50. The lowest BCUT2D eigenvalue weighted by atomic mass is 9.97. The number of non-ortho nitro benzene ring substituents is 1. The summed E-state index contributed by atoms with van der Waals surface area (Å²) in [6.07, 6.45) is -2.59. The van der Waals surface area contributed by atoms with Crippen molar-refractivity contribution in [1.82, 2.24) is 0 Å². The van der Waals surface area contributed by atoms with Gasteiger partial charge in [-0.3, -0.25) is 29.8 Å². The van der Waals surface area contributed by atoms with Crippen LogP contribution in [0.4, 0.5) is 15.8 Å². The smallest absolute Gasteiger partial charge is 0.280 e. The molecule has 0 radical (unpaired) electrons. The minimum Gasteiger partial charge on any atom is -0.296 e. The first-order valence-corrected chi connectivity index (χ1v) is 5.81. The number of hydrogen-bond acceptors (Lipinski definition) is 6. The minimum atomic E-state index is -2.59. The fourth-order valence-electron chi connectivity index (χ4n) is 1.55. The van der Waals surface area contributed by atoms with Crippen LogP contribution < -0.4 is 0 Å². The van der Waals surface area contributed by atoms with Crippen molar-refractivity contribution in [2.45, 2.75) is 20.0 Å². The fraction of sp³-hybridized carbons (Fsp3) is 0.333. The maximum atomic E-state index is 13.8. The molecule has 0 aliphatic carbocycles. The second-order valence-electron chi connectivity index (χ2n) is 4.50. The summed E-state index contributed by atoms with van der Waals surface area (Å²) in [4.78, 5) is 42.9. The van der Waals surface area contributed by atoms with E-state index in [9.17, 15) is 34.2 Å². The highest BCUT2D eigenvalue weighted by Gasteiger charge is 2.34. The van der Waals surface area contributed by atoms with Crippen molar-refractivity contribution in [2.24, 2.45) is 5.92 Å². The van der Waals surface area contributed by atoms with Crippen LogP contribution in [0.25, 0.3) is 0 Å². The molecule has 0 amide bonds. The van der Waals surface area contributed by atoms with Crippen LogP contribution in [0.5, 0.6) is 0 Å². The van der Waals surface area contributed by atoms with Crippen molar-refractivity contribution in [3.05, 3.63) is 44.0 Å². The molecule has 1 unspecified atom stereocenters. The molecule has 1 atom stereocenters. The number of halogens is 1. The van der Waals surface area contributed by atoms with Gasteiger partial charge in [-0.2, -0.15) is 0 Å². The molecule has 112 valence electrons. The molecule has 0 saturated heterocycles. The number of alkyl halides is 1. The Morgan fingerprint density at radius 1 is 1.14 bits per heavy atom. The molecule has 0 aliphatic heterocycles. The molecule has 1 rings (SSSR count). The second kappa shape index (κ2) is 6.16. The molecule has 1 aromatic carbocycles. The number of ketones is 2. The Hall–Kier alpha value is -2.71. The molecule has 9 heteroatoms. The number of Topliss-reactive ketones (excluding diaryl/α,β-unsaturated/α-hetero) is 2. The van der Waals surface area contributed by atoms with Crippen LogP contribution in [0.3, 0.4) is 0 Å². The first kappa shape index (κ1) is 16.3. The molecule has 0 heterocycles. The number of hydrogen-bond donors (Lipinski definition) is 0. The molecule has 0 fully saturated rings. The molecule has 1 aromatic rings. The van der Waals surface area contributed by atoms with Gasteiger partial charge in [-0.1, -0.05) is 13.8 Å². The van der Waals surface area contributed by atoms with Gasteiger partial charge in [0, 0.05) is 24.1 Å². The molecule has 0 bridgehead atoms. The molecular formula is C12H11FN2O6. The van der Waals surface area contributed by atoms with Crippen molar-refractivity contribution in [2.75, 3.05) is 0 Å². The normalized spacial score (nSPS) is 12.0. The van der Waals surface area contributed by atoms with Crippen LogP contribution >= 0.6 is 0 Å². The molecule has 0 aromatic heterocycles. The van der Waals surface area contributed by atoms with Crippen LogP contribution in [0.15, 0.2) is 18.2 Å². The third kappa shape index (κ3) is 3.44. The van der Waals surface area contributed by atoms with Gasteiger partial charge in [0.1, 0.15) is 5.56 Å². The van der Waals surface area contributed by atoms with Gasteiger partial charge in [0.2, 0.25) is 12.0 Å². The zero-order chi connectivity index (χ0) is 16.3. The van der Waals surface area contributed by atoms with Crippen LogP contribution in [-0.2, 0) is 4.79 Å². The van der Waals surface area contributed by atoms with E-state index in [2.05, 4.69) is 0 Å². The summed E-state index contributed by atoms with van der Waals surface area (Å²) in [6, 6.07) is 2.16. The number of carbonyl (C=O) groups is 2. The maximum Gasteiger partial charge on any atom is 0.280 e. The summed E-state index contributed by atoms with van der Waals surface area (Å²) < 4.78 is 13.8. The molecule has 21 heavy (non-hydrogen) atoms. The third-order valence-electron chi connectivity index (χ3n) is 2.70. The zero-order valence-corrected chi connectivity index (χ0v) is 11.1. The lowest BCUT2D eigenvalue weighted by Crippen LogP contribution is -2.29. The topological polar surface area (TPSA) is 120 Å². The van der Waals surface area contributed by atoms with Gasteiger partial charge in [-0.15, -0.1) is 0 Å². The van der Waals surface area contributed by atoms with E-state index >= 15 is 0 Å². The number of nitrogens with zero attached hydrogens (tertiary/aromatic N) is 2. The number of carbonyl (C=O) groups excluding carboxylic acids is 2. The highest BCUT2D eigenvalue weighted by Crippen LogP contribution is 2.26. The van der Waals surface area contributed by atoms with Gasteiger partial charge < -0.3 is 0 Å². The van der Waals surface area contributed by atoms with Crippen molar-refractivity contribution in [3.63, 3.8) is 0 Å². The number of rotatable bonds is 6. The standard InChI is InChI=1S/C12H11FN2O6/c1-6(2)11(16)10(13)12(17)8-5-7(14(18)19)3-4-9(8)15(20)21/h3-6,10H,1-2H3. The van der Waals surface area contributed by atoms with E-state index in [4.69, 9.17) is 0 Å². The van der Waals surface area contributed by atoms with Crippen molar-refractivity contribution >= 4 is 22.9 Å². The highest BCUT2D eigenvalue weighted by molar-refractivity contribution is 6.15. The zero-order valence-electron chi connectivity index (χ0n) is 11.1. The SMILES string of the molecule is CC(C)C(=O)C(F)C(=O)c1cc([N+](=O)[O-])ccc1[N+](=O)[O-]. The van der Waals surface area contributed by atoms with Crippen molar-refractivity contribution < 1.29 is 23.8 Å². The maximum absolute atomic E-state index is 13.8. The molecular weight excluding hydrogens is 287 g/mol. The quantitative estimate of drug-likeness (QED) is 0.343. The molecule has 8 nitrogen and oxygen atoms in total. The van der Waals surface area contributed by atoms with Crippen LogP contribution in [0.1, 0.15) is 24.2 Å². The summed E-state index contributed by atoms with van der Waals surface area (Å²) in [5.74, 6) is -3.29. The Labute approximate surface area is 117 Å². The van der Waals surface area contributed by atoms with Crippen LogP contribution in [-0.4, -0.2) is 27.6 Å². The van der Waals surface area contributed by atoms with Gasteiger partial charge in [-0.05, 0) is 0 Å². The molecule has 0 spiro atoms. The Kier molecular flexibility index (Phi) is 4.79. The highest BCUT2D eigenvalue weighted by atomic mass is 19.1. The average Bonchev–Trinajstić information content (AvgIpc) is 2.43. The summed E-state index contributed by atoms with van der Waals surface area (Å²) >= 11 is 0. The third-order valence-corrected chi connectivity index (χ3v) is 2.70. The Balaban J connectivity index is 3.35. The van der Waals surface area contributed by atoms with Gasteiger partial charge >= 0.3 is 0 Å². The van der Waals surface area contributed by atoms with Gasteiger partial charge in [0.25, 0.3) is 11.4 Å². The van der Waals surface area contributed by atoms with E-state index in [-0.39, 0.29) is 0 Å². The van der Waals surface area contributed by atoms with E-state index in [0.29, 0.717) is 6.07 Å². The molecule has 0 saturated carbocycles. The van der Waals surface area contributed by atoms with E-state index in [1.165, 1.54) is 13.8 Å². The summed E-state index contributed by atoms with van der Waals surface area (Å²) in [5.41, 5.74) is -2.19. The predicted octanol–water partition coefficient (Wildman–Crippen LogP) is 2.25. The van der Waals surface area contributed by atoms with E-state index in [0.717, 1.165) is 12.1 Å². The van der Waals surface area contributed by atoms with E-state index in [1.54, 1.807) is 0 Å². The average molecular weight is 298 g/mol. The minimum absolute atomic E-state index is 0.598. The van der Waals surface area contributed by atoms with E-state index in [1.807, 2.05) is 0 Å². The van der Waals surface area contributed by atoms with Gasteiger partial charge in [0.15, 0.2) is 5.78 Å². The van der Waals surface area contributed by atoms with Crippen molar-refractivity contribution in [3.8, 4) is 0 Å². The Morgan fingerprint density at radius 3 is 2.14 bits per heavy atom. The van der Waals surface area contributed by atoms with Crippen LogP contribution in [0.2, 0.25) is 0 Å². The molecule has 0 aliphatic rings. The Bertz CT molecular complexity index is 628. The van der Waals surface area contributed by atoms with Crippen molar-refractivity contribution in [1.29, 1.82) is 0 Å². The fourth-order valence-corrected chi connectivity index (χ4v) is 1.55. The molecule has 0 N–H and O–H groups in total. The van der Waals surface area contributed by atoms with Crippen LogP contribution in [0, 0.1) is 26.1 Å². The summed E-state index contributed by atoms with van der Waals surface area (Å²) in [5, 5.41) is 21.4.